The number of rotatable bonds is 5. The standard InChI is InChI=1S/C24H17BrN2O7S/c1-14-2-9-18(10-3-14)35(32,33)34-21-11-4-15(13-20(21)25)12-19-22(29)26-24(31)27(23(19)30)16-5-7-17(28)8-6-16/h2-13,28H,1H3,(H,26,29,31)/b19-12+. The van der Waals surface area contributed by atoms with E-state index in [9.17, 15) is 27.9 Å². The van der Waals surface area contributed by atoms with Gasteiger partial charge in [0, 0.05) is 0 Å². The van der Waals surface area contributed by atoms with Crippen LogP contribution in [0.2, 0.25) is 0 Å². The first kappa shape index (κ1) is 24.2. The maximum Gasteiger partial charge on any atom is 0.339 e. The zero-order chi connectivity index (χ0) is 25.3. The molecule has 0 spiro atoms. The van der Waals surface area contributed by atoms with Crippen LogP contribution in [0.3, 0.4) is 0 Å². The number of urea groups is 1. The van der Waals surface area contributed by atoms with E-state index in [4.69, 9.17) is 4.18 Å². The molecule has 178 valence electrons. The number of nitrogens with one attached hydrogen (secondary N) is 1. The Morgan fingerprint density at radius 3 is 2.26 bits per heavy atom. The Bertz CT molecular complexity index is 1480. The summed E-state index contributed by atoms with van der Waals surface area (Å²) in [4.78, 5) is 38.4. The van der Waals surface area contributed by atoms with E-state index in [0.717, 1.165) is 10.5 Å². The molecule has 4 amide bonds. The fourth-order valence-corrected chi connectivity index (χ4v) is 4.74. The number of anilines is 1. The van der Waals surface area contributed by atoms with Crippen LogP contribution in [0.5, 0.6) is 11.5 Å². The summed E-state index contributed by atoms with van der Waals surface area (Å²) in [6.07, 6.45) is 1.26. The van der Waals surface area contributed by atoms with Crippen LogP contribution < -0.4 is 14.4 Å². The minimum Gasteiger partial charge on any atom is -0.508 e. The molecule has 3 aromatic rings. The number of halogens is 1. The highest BCUT2D eigenvalue weighted by molar-refractivity contribution is 9.10. The molecule has 4 rings (SSSR count). The van der Waals surface area contributed by atoms with Gasteiger partial charge in [0.1, 0.15) is 16.2 Å². The summed E-state index contributed by atoms with van der Waals surface area (Å²) in [7, 11) is -4.08. The molecule has 1 fully saturated rings. The molecule has 0 atom stereocenters. The molecular formula is C24H17BrN2O7S. The van der Waals surface area contributed by atoms with Crippen molar-refractivity contribution in [2.75, 3.05) is 4.90 Å². The Morgan fingerprint density at radius 1 is 0.971 bits per heavy atom. The molecule has 0 saturated carbocycles. The zero-order valence-corrected chi connectivity index (χ0v) is 20.5. The summed E-state index contributed by atoms with van der Waals surface area (Å²) in [5.41, 5.74) is 1.12. The highest BCUT2D eigenvalue weighted by atomic mass is 79.9. The zero-order valence-electron chi connectivity index (χ0n) is 18.1. The van der Waals surface area contributed by atoms with Gasteiger partial charge in [-0.3, -0.25) is 14.9 Å². The lowest BCUT2D eigenvalue weighted by molar-refractivity contribution is -0.122. The quantitative estimate of drug-likeness (QED) is 0.277. The smallest absolute Gasteiger partial charge is 0.339 e. The van der Waals surface area contributed by atoms with E-state index in [2.05, 4.69) is 21.2 Å². The van der Waals surface area contributed by atoms with Crippen molar-refractivity contribution < 1.29 is 32.1 Å². The highest BCUT2D eigenvalue weighted by Gasteiger charge is 2.36. The summed E-state index contributed by atoms with van der Waals surface area (Å²) in [6.45, 7) is 1.83. The predicted octanol–water partition coefficient (Wildman–Crippen LogP) is 3.90. The third kappa shape index (κ3) is 5.10. The van der Waals surface area contributed by atoms with Gasteiger partial charge in [-0.15, -0.1) is 0 Å². The molecule has 35 heavy (non-hydrogen) atoms. The number of nitrogens with zero attached hydrogens (tertiary/aromatic N) is 1. The molecule has 0 radical (unpaired) electrons. The van der Waals surface area contributed by atoms with E-state index < -0.39 is 28.0 Å². The molecule has 0 bridgehead atoms. The molecule has 1 heterocycles. The lowest BCUT2D eigenvalue weighted by Crippen LogP contribution is -2.54. The first-order valence-electron chi connectivity index (χ1n) is 10.1. The highest BCUT2D eigenvalue weighted by Crippen LogP contribution is 2.30. The molecule has 0 aliphatic carbocycles. The molecule has 3 aromatic carbocycles. The number of imide groups is 2. The number of hydrogen-bond donors (Lipinski definition) is 2. The molecule has 1 aliphatic rings. The van der Waals surface area contributed by atoms with Crippen molar-refractivity contribution in [1.29, 1.82) is 0 Å². The molecule has 2 N–H and O–H groups in total. The summed E-state index contributed by atoms with van der Waals surface area (Å²) in [5, 5.41) is 11.6. The largest absolute Gasteiger partial charge is 0.508 e. The normalized spacial score (nSPS) is 15.3. The number of carbonyl (C=O) groups is 3. The number of hydrogen-bond acceptors (Lipinski definition) is 7. The second-order valence-corrected chi connectivity index (χ2v) is 9.92. The van der Waals surface area contributed by atoms with Crippen molar-refractivity contribution in [3.8, 4) is 11.5 Å². The van der Waals surface area contributed by atoms with Crippen molar-refractivity contribution in [1.82, 2.24) is 5.32 Å². The van der Waals surface area contributed by atoms with E-state index in [0.29, 0.717) is 5.56 Å². The number of amides is 4. The molecule has 9 nitrogen and oxygen atoms in total. The summed E-state index contributed by atoms with van der Waals surface area (Å²) < 4.78 is 30.6. The molecule has 1 saturated heterocycles. The number of carbonyl (C=O) groups excluding carboxylic acids is 3. The van der Waals surface area contributed by atoms with Gasteiger partial charge >= 0.3 is 16.1 Å². The Labute approximate surface area is 208 Å². The van der Waals surface area contributed by atoms with E-state index >= 15 is 0 Å². The van der Waals surface area contributed by atoms with Gasteiger partial charge in [0.05, 0.1) is 10.2 Å². The first-order chi connectivity index (χ1) is 16.5. The molecule has 0 unspecified atom stereocenters. The number of phenolic OH excluding ortho intramolecular Hbond substituents is 1. The fourth-order valence-electron chi connectivity index (χ4n) is 3.21. The van der Waals surface area contributed by atoms with Crippen LogP contribution in [-0.2, 0) is 19.7 Å². The summed E-state index contributed by atoms with van der Waals surface area (Å²) in [5.74, 6) is -1.79. The van der Waals surface area contributed by atoms with E-state index in [1.54, 1.807) is 12.1 Å². The van der Waals surface area contributed by atoms with Gasteiger partial charge in [-0.2, -0.15) is 8.42 Å². The van der Waals surface area contributed by atoms with Crippen molar-refractivity contribution >= 4 is 55.7 Å². The van der Waals surface area contributed by atoms with E-state index in [1.165, 1.54) is 60.7 Å². The van der Waals surface area contributed by atoms with Crippen molar-refractivity contribution in [2.24, 2.45) is 0 Å². The molecular weight excluding hydrogens is 540 g/mol. The van der Waals surface area contributed by atoms with Gasteiger partial charge in [-0.05, 0) is 83.0 Å². The maximum absolute atomic E-state index is 13.0. The van der Waals surface area contributed by atoms with Gasteiger partial charge < -0.3 is 9.29 Å². The maximum atomic E-state index is 13.0. The Kier molecular flexibility index (Phi) is 6.46. The van der Waals surface area contributed by atoms with Crippen LogP contribution in [-0.4, -0.2) is 31.4 Å². The SMILES string of the molecule is Cc1ccc(S(=O)(=O)Oc2ccc(/C=C3\C(=O)NC(=O)N(c4ccc(O)cc4)C3=O)cc2Br)cc1. The Morgan fingerprint density at radius 2 is 1.63 bits per heavy atom. The van der Waals surface area contributed by atoms with Gasteiger partial charge in [-0.1, -0.05) is 23.8 Å². The lowest BCUT2D eigenvalue weighted by atomic mass is 10.1. The van der Waals surface area contributed by atoms with Gasteiger partial charge in [0.15, 0.2) is 5.75 Å². The number of aryl methyl sites for hydroxylation is 1. The average Bonchev–Trinajstić information content (AvgIpc) is 2.80. The molecule has 0 aromatic heterocycles. The number of barbiturate groups is 1. The molecule has 11 heteroatoms. The monoisotopic (exact) mass is 556 g/mol. The van der Waals surface area contributed by atoms with E-state index in [1.807, 2.05) is 6.92 Å². The number of aromatic hydroxyl groups is 1. The molecule has 1 aliphatic heterocycles. The van der Waals surface area contributed by atoms with Crippen LogP contribution in [0, 0.1) is 6.92 Å². The van der Waals surface area contributed by atoms with Crippen molar-refractivity contribution in [3.63, 3.8) is 0 Å². The van der Waals surface area contributed by atoms with Gasteiger partial charge in [0.25, 0.3) is 11.8 Å². The number of benzene rings is 3. The third-order valence-electron chi connectivity index (χ3n) is 4.99. The van der Waals surface area contributed by atoms with Crippen LogP contribution >= 0.6 is 15.9 Å². The van der Waals surface area contributed by atoms with Crippen LogP contribution in [0.15, 0.2) is 81.7 Å². The number of phenols is 1. The minimum absolute atomic E-state index is 0.00745. The fraction of sp³-hybridized carbons (Fsp3) is 0.0417. The Balaban J connectivity index is 1.61. The van der Waals surface area contributed by atoms with Crippen LogP contribution in [0.4, 0.5) is 10.5 Å². The topological polar surface area (TPSA) is 130 Å². The van der Waals surface area contributed by atoms with Crippen molar-refractivity contribution in [3.05, 3.63) is 87.9 Å². The van der Waals surface area contributed by atoms with Gasteiger partial charge in [-0.25, -0.2) is 9.69 Å². The first-order valence-corrected chi connectivity index (χ1v) is 12.3. The minimum atomic E-state index is -4.08. The second kappa shape index (κ2) is 9.35. The third-order valence-corrected chi connectivity index (χ3v) is 6.85. The Hall–Kier alpha value is -3.96. The average molecular weight is 557 g/mol. The van der Waals surface area contributed by atoms with E-state index in [-0.39, 0.29) is 32.1 Å². The lowest BCUT2D eigenvalue weighted by Gasteiger charge is -2.26. The summed E-state index contributed by atoms with van der Waals surface area (Å²) >= 11 is 3.25. The van der Waals surface area contributed by atoms with Gasteiger partial charge in [0.2, 0.25) is 0 Å². The predicted molar refractivity (Wildman–Crippen MR) is 130 cm³/mol. The van der Waals surface area contributed by atoms with Crippen LogP contribution in [0.25, 0.3) is 6.08 Å². The van der Waals surface area contributed by atoms with Crippen LogP contribution in [0.1, 0.15) is 11.1 Å². The van der Waals surface area contributed by atoms with Crippen molar-refractivity contribution in [2.45, 2.75) is 11.8 Å². The summed E-state index contributed by atoms with van der Waals surface area (Å²) in [6, 6.07) is 14.9. The second-order valence-electron chi connectivity index (χ2n) is 7.51.